The third-order valence-corrected chi connectivity index (χ3v) is 5.32. The van der Waals surface area contributed by atoms with E-state index >= 15 is 0 Å². The summed E-state index contributed by atoms with van der Waals surface area (Å²) in [5.74, 6) is 0.0495. The highest BCUT2D eigenvalue weighted by Gasteiger charge is 2.17. The lowest BCUT2D eigenvalue weighted by Gasteiger charge is -2.17. The van der Waals surface area contributed by atoms with E-state index in [9.17, 15) is 9.59 Å². The van der Waals surface area contributed by atoms with Crippen molar-refractivity contribution in [1.29, 1.82) is 0 Å². The second-order valence-corrected chi connectivity index (χ2v) is 8.37. The van der Waals surface area contributed by atoms with Gasteiger partial charge in [0, 0.05) is 10.4 Å². The van der Waals surface area contributed by atoms with E-state index in [1.54, 1.807) is 18.2 Å². The molecule has 1 heterocycles. The van der Waals surface area contributed by atoms with Gasteiger partial charge in [0.05, 0.1) is 6.04 Å². The number of ether oxygens (including phenoxy) is 1. The van der Waals surface area contributed by atoms with E-state index in [1.807, 2.05) is 74.7 Å². The highest BCUT2D eigenvalue weighted by atomic mass is 32.1. The van der Waals surface area contributed by atoms with Gasteiger partial charge >= 0.3 is 0 Å². The van der Waals surface area contributed by atoms with Crippen LogP contribution in [0, 0.1) is 13.8 Å². The molecule has 0 radical (unpaired) electrons. The molecule has 0 aliphatic carbocycles. The number of thiophene rings is 1. The van der Waals surface area contributed by atoms with Crippen molar-refractivity contribution in [3.8, 4) is 5.75 Å². The number of carbonyl (C=O) groups is 2. The summed E-state index contributed by atoms with van der Waals surface area (Å²) in [6, 6.07) is 18.5. The molecule has 0 saturated heterocycles. The molecule has 0 fully saturated rings. The largest absolute Gasteiger partial charge is 0.491 e. The van der Waals surface area contributed by atoms with Crippen LogP contribution in [0.25, 0.3) is 6.08 Å². The van der Waals surface area contributed by atoms with Gasteiger partial charge in [-0.05, 0) is 62.6 Å². The Bertz CT molecular complexity index is 1060. The Kier molecular flexibility index (Phi) is 7.62. The highest BCUT2D eigenvalue weighted by Crippen LogP contribution is 2.14. The molecule has 6 heteroatoms. The number of nitrogens with one attached hydrogen (secondary N) is 2. The zero-order valence-electron chi connectivity index (χ0n) is 17.8. The lowest BCUT2D eigenvalue weighted by molar-refractivity contribution is -0.118. The average molecular weight is 435 g/mol. The molecule has 2 N–H and O–H groups in total. The SMILES string of the molecule is Cc1ccc(OC[C@H](C)NC(=O)/C(=C/c2cccs2)NC(=O)c2cccc(C)c2)cc1. The zero-order chi connectivity index (χ0) is 22.2. The first-order valence-corrected chi connectivity index (χ1v) is 10.9. The molecule has 1 atom stereocenters. The smallest absolute Gasteiger partial charge is 0.268 e. The summed E-state index contributed by atoms with van der Waals surface area (Å²) in [5, 5.41) is 7.58. The summed E-state index contributed by atoms with van der Waals surface area (Å²) in [6.07, 6.45) is 1.68. The summed E-state index contributed by atoms with van der Waals surface area (Å²) in [7, 11) is 0. The molecule has 0 aliphatic rings. The molecule has 5 nitrogen and oxygen atoms in total. The van der Waals surface area contributed by atoms with Crippen LogP contribution in [0.4, 0.5) is 0 Å². The number of rotatable bonds is 8. The predicted octanol–water partition coefficient (Wildman–Crippen LogP) is 4.72. The quantitative estimate of drug-likeness (QED) is 0.504. The van der Waals surface area contributed by atoms with Crippen molar-refractivity contribution in [3.05, 3.63) is 93.3 Å². The van der Waals surface area contributed by atoms with Gasteiger partial charge in [-0.1, -0.05) is 41.5 Å². The minimum absolute atomic E-state index is 0.191. The molecule has 0 spiro atoms. The van der Waals surface area contributed by atoms with Gasteiger partial charge in [0.25, 0.3) is 11.8 Å². The standard InChI is InChI=1S/C25H26N2O3S/c1-17-9-11-21(12-10-17)30-16-19(3)26-25(29)23(15-22-8-5-13-31-22)27-24(28)20-7-4-6-18(2)14-20/h4-15,19H,16H2,1-3H3,(H,26,29)(H,27,28)/b23-15-/t19-/m0/s1. The maximum Gasteiger partial charge on any atom is 0.268 e. The summed E-state index contributed by atoms with van der Waals surface area (Å²) >= 11 is 1.49. The molecule has 1 aromatic heterocycles. The Labute approximate surface area is 186 Å². The summed E-state index contributed by atoms with van der Waals surface area (Å²) in [4.78, 5) is 26.5. The fraction of sp³-hybridized carbons (Fsp3) is 0.200. The van der Waals surface area contributed by atoms with Gasteiger partial charge in [-0.2, -0.15) is 0 Å². The summed E-state index contributed by atoms with van der Waals surface area (Å²) in [6.45, 7) is 6.10. The highest BCUT2D eigenvalue weighted by molar-refractivity contribution is 7.10. The van der Waals surface area contributed by atoms with E-state index in [-0.39, 0.29) is 23.6 Å². The Morgan fingerprint density at radius 3 is 2.48 bits per heavy atom. The first-order valence-electron chi connectivity index (χ1n) is 10.0. The maximum atomic E-state index is 12.9. The first-order chi connectivity index (χ1) is 14.9. The molecule has 2 aromatic carbocycles. The van der Waals surface area contributed by atoms with Crippen LogP contribution in [0.2, 0.25) is 0 Å². The van der Waals surface area contributed by atoms with Crippen LogP contribution in [0.1, 0.15) is 33.3 Å². The molecule has 3 aromatic rings. The van der Waals surface area contributed by atoms with Gasteiger partial charge in [0.2, 0.25) is 0 Å². The molecule has 2 amide bonds. The van der Waals surface area contributed by atoms with E-state index in [0.29, 0.717) is 12.2 Å². The predicted molar refractivity (Wildman–Crippen MR) is 125 cm³/mol. The monoisotopic (exact) mass is 434 g/mol. The fourth-order valence-electron chi connectivity index (χ4n) is 2.85. The number of aryl methyl sites for hydroxylation is 2. The Balaban J connectivity index is 1.67. The Hall–Kier alpha value is -3.38. The van der Waals surface area contributed by atoms with Gasteiger partial charge < -0.3 is 15.4 Å². The van der Waals surface area contributed by atoms with E-state index in [0.717, 1.165) is 21.8 Å². The van der Waals surface area contributed by atoms with Crippen molar-refractivity contribution in [3.63, 3.8) is 0 Å². The third-order valence-electron chi connectivity index (χ3n) is 4.50. The van der Waals surface area contributed by atoms with Crippen LogP contribution in [0.3, 0.4) is 0 Å². The molecule has 160 valence electrons. The van der Waals surface area contributed by atoms with E-state index < -0.39 is 0 Å². The van der Waals surface area contributed by atoms with Crippen molar-refractivity contribution in [2.75, 3.05) is 6.61 Å². The van der Waals surface area contributed by atoms with Crippen LogP contribution in [0.5, 0.6) is 5.75 Å². The number of hydrogen-bond donors (Lipinski definition) is 2. The van der Waals surface area contributed by atoms with Gasteiger partial charge in [0.1, 0.15) is 18.1 Å². The zero-order valence-corrected chi connectivity index (χ0v) is 18.7. The van der Waals surface area contributed by atoms with Crippen LogP contribution in [0.15, 0.2) is 71.7 Å². The average Bonchev–Trinajstić information content (AvgIpc) is 3.26. The molecule has 0 saturated carbocycles. The van der Waals surface area contributed by atoms with E-state index in [4.69, 9.17) is 4.74 Å². The molecule has 31 heavy (non-hydrogen) atoms. The van der Waals surface area contributed by atoms with Crippen LogP contribution in [-0.4, -0.2) is 24.5 Å². The molecule has 3 rings (SSSR count). The second-order valence-electron chi connectivity index (χ2n) is 7.40. The van der Waals surface area contributed by atoms with Crippen molar-refractivity contribution in [2.24, 2.45) is 0 Å². The number of hydrogen-bond acceptors (Lipinski definition) is 4. The van der Waals surface area contributed by atoms with E-state index in [2.05, 4.69) is 10.6 Å². The number of benzene rings is 2. The van der Waals surface area contributed by atoms with Gasteiger partial charge in [0.15, 0.2) is 0 Å². The van der Waals surface area contributed by atoms with Crippen LogP contribution in [-0.2, 0) is 4.79 Å². The summed E-state index contributed by atoms with van der Waals surface area (Å²) < 4.78 is 5.75. The normalized spacial score (nSPS) is 12.2. The van der Waals surface area contributed by atoms with Crippen molar-refractivity contribution in [1.82, 2.24) is 10.6 Å². The van der Waals surface area contributed by atoms with Crippen molar-refractivity contribution < 1.29 is 14.3 Å². The van der Waals surface area contributed by atoms with Gasteiger partial charge in [-0.3, -0.25) is 9.59 Å². The Morgan fingerprint density at radius 1 is 1.03 bits per heavy atom. The second kappa shape index (κ2) is 10.6. The third kappa shape index (κ3) is 6.83. The number of carbonyl (C=O) groups excluding carboxylic acids is 2. The number of amides is 2. The molecular weight excluding hydrogens is 408 g/mol. The summed E-state index contributed by atoms with van der Waals surface area (Å²) in [5.41, 5.74) is 2.82. The first kappa shape index (κ1) is 22.3. The molecule has 0 bridgehead atoms. The van der Waals surface area contributed by atoms with E-state index in [1.165, 1.54) is 11.3 Å². The van der Waals surface area contributed by atoms with Gasteiger partial charge in [-0.25, -0.2) is 0 Å². The fourth-order valence-corrected chi connectivity index (χ4v) is 3.51. The minimum atomic E-state index is -0.366. The van der Waals surface area contributed by atoms with Crippen molar-refractivity contribution >= 4 is 29.2 Å². The lowest BCUT2D eigenvalue weighted by Crippen LogP contribution is -2.41. The van der Waals surface area contributed by atoms with Crippen LogP contribution >= 0.6 is 11.3 Å². The van der Waals surface area contributed by atoms with Gasteiger partial charge in [-0.15, -0.1) is 11.3 Å². The maximum absolute atomic E-state index is 12.9. The molecule has 0 unspecified atom stereocenters. The van der Waals surface area contributed by atoms with Crippen LogP contribution < -0.4 is 15.4 Å². The lowest BCUT2D eigenvalue weighted by atomic mass is 10.1. The topological polar surface area (TPSA) is 67.4 Å². The Morgan fingerprint density at radius 2 is 1.81 bits per heavy atom. The molecule has 0 aliphatic heterocycles. The minimum Gasteiger partial charge on any atom is -0.491 e. The van der Waals surface area contributed by atoms with Crippen molar-refractivity contribution in [2.45, 2.75) is 26.8 Å². The molecular formula is C25H26N2O3S.